The number of nitrogens with zero attached hydrogens (tertiary/aromatic N) is 3. The van der Waals surface area contributed by atoms with Crippen LogP contribution in [0.1, 0.15) is 63.5 Å². The summed E-state index contributed by atoms with van der Waals surface area (Å²) in [6, 6.07) is 9.22. The van der Waals surface area contributed by atoms with Gasteiger partial charge in [-0.15, -0.1) is 0 Å². The van der Waals surface area contributed by atoms with Crippen molar-refractivity contribution in [2.75, 3.05) is 29.6 Å². The molecule has 1 aromatic carbocycles. The number of hydrogen-bond acceptors (Lipinski definition) is 5. The van der Waals surface area contributed by atoms with Crippen LogP contribution in [0.3, 0.4) is 0 Å². The number of anilines is 3. The fraction of sp³-hybridized carbons (Fsp3) is 0.542. The first kappa shape index (κ1) is 23.3. The van der Waals surface area contributed by atoms with Crippen molar-refractivity contribution >= 4 is 34.8 Å². The van der Waals surface area contributed by atoms with Crippen LogP contribution in [0.2, 0.25) is 0 Å². The molecule has 31 heavy (non-hydrogen) atoms. The molecule has 3 rings (SSSR count). The van der Waals surface area contributed by atoms with E-state index in [-0.39, 0.29) is 0 Å². The van der Waals surface area contributed by atoms with Crippen molar-refractivity contribution in [2.24, 2.45) is 0 Å². The molecule has 1 fully saturated rings. The van der Waals surface area contributed by atoms with Crippen LogP contribution in [0.5, 0.6) is 0 Å². The largest absolute Gasteiger partial charge is 0.363 e. The molecule has 1 saturated carbocycles. The zero-order valence-corrected chi connectivity index (χ0v) is 20.2. The number of hydrogen-bond donors (Lipinski definition) is 3. The molecule has 7 heteroatoms. The van der Waals surface area contributed by atoms with Crippen LogP contribution in [-0.2, 0) is 6.42 Å². The van der Waals surface area contributed by atoms with Gasteiger partial charge in [0.05, 0.1) is 0 Å². The predicted octanol–water partition coefficient (Wildman–Crippen LogP) is 4.94. The first-order valence-corrected chi connectivity index (χ1v) is 11.7. The Hall–Kier alpha value is -2.41. The van der Waals surface area contributed by atoms with Crippen LogP contribution in [0, 0.1) is 0 Å². The maximum Gasteiger partial charge on any atom is 0.224 e. The van der Waals surface area contributed by atoms with Gasteiger partial charge in [0.15, 0.2) is 5.11 Å². The van der Waals surface area contributed by atoms with Crippen molar-refractivity contribution in [3.63, 3.8) is 0 Å². The average Bonchev–Trinajstić information content (AvgIpc) is 2.75. The molecule has 0 atom stereocenters. The zero-order valence-electron chi connectivity index (χ0n) is 19.4. The van der Waals surface area contributed by atoms with Gasteiger partial charge in [-0.25, -0.2) is 4.98 Å². The number of aromatic nitrogens is 2. The zero-order chi connectivity index (χ0) is 22.4. The highest BCUT2D eigenvalue weighted by molar-refractivity contribution is 7.80. The molecule has 1 aromatic heterocycles. The summed E-state index contributed by atoms with van der Waals surface area (Å²) in [4.78, 5) is 10.9. The van der Waals surface area contributed by atoms with Crippen LogP contribution >= 0.6 is 12.2 Å². The van der Waals surface area contributed by atoms with E-state index >= 15 is 0 Å². The molecule has 0 unspecified atom stereocenters. The molecule has 168 valence electrons. The fourth-order valence-electron chi connectivity index (χ4n) is 4.12. The normalized spacial score (nSPS) is 18.5. The van der Waals surface area contributed by atoms with Crippen molar-refractivity contribution < 1.29 is 0 Å². The molecule has 1 aliphatic rings. The lowest BCUT2D eigenvalue weighted by Gasteiger charge is -2.31. The Balaban J connectivity index is 1.52. The third-order valence-electron chi connectivity index (χ3n) is 5.92. The van der Waals surface area contributed by atoms with E-state index in [1.165, 1.54) is 16.8 Å². The summed E-state index contributed by atoms with van der Waals surface area (Å²) in [6.45, 7) is 6.64. The number of rotatable bonds is 7. The molecule has 6 nitrogen and oxygen atoms in total. The van der Waals surface area contributed by atoms with Crippen LogP contribution in [0.15, 0.2) is 30.5 Å². The highest BCUT2D eigenvalue weighted by Gasteiger charge is 2.23. The van der Waals surface area contributed by atoms with Gasteiger partial charge in [-0.3, -0.25) is 0 Å². The Morgan fingerprint density at radius 3 is 2.48 bits per heavy atom. The van der Waals surface area contributed by atoms with E-state index in [9.17, 15) is 0 Å². The van der Waals surface area contributed by atoms with E-state index in [2.05, 4.69) is 64.9 Å². The van der Waals surface area contributed by atoms with E-state index < -0.39 is 0 Å². The Kier molecular flexibility index (Phi) is 8.07. The Labute approximate surface area is 192 Å². The standard InChI is InChI=1S/C24H36N6S/c1-6-17-8-7-9-20(16(2)3)22(17)29-24(31)27-19-12-10-18(11-13-19)26-23-25-15-14-21(28-23)30(4)5/h7-9,14-16,18-19H,6,10-13H2,1-5H3,(H,25,26,28)(H2,27,29,31). The van der Waals surface area contributed by atoms with Crippen molar-refractivity contribution in [1.29, 1.82) is 0 Å². The second-order valence-corrected chi connectivity index (χ2v) is 9.22. The van der Waals surface area contributed by atoms with Crippen molar-refractivity contribution in [1.82, 2.24) is 15.3 Å². The molecule has 0 saturated heterocycles. The predicted molar refractivity (Wildman–Crippen MR) is 135 cm³/mol. The highest BCUT2D eigenvalue weighted by atomic mass is 32.1. The van der Waals surface area contributed by atoms with Crippen LogP contribution in [-0.4, -0.2) is 41.3 Å². The van der Waals surface area contributed by atoms with Crippen LogP contribution in [0.25, 0.3) is 0 Å². The summed E-state index contributed by atoms with van der Waals surface area (Å²) in [6.07, 6.45) is 7.07. The highest BCUT2D eigenvalue weighted by Crippen LogP contribution is 2.28. The lowest BCUT2D eigenvalue weighted by Crippen LogP contribution is -2.42. The molecule has 3 N–H and O–H groups in total. The van der Waals surface area contributed by atoms with Gasteiger partial charge in [0.2, 0.25) is 5.95 Å². The van der Waals surface area contributed by atoms with E-state index in [4.69, 9.17) is 12.2 Å². The van der Waals surface area contributed by atoms with Crippen molar-refractivity contribution in [2.45, 2.75) is 70.9 Å². The first-order valence-electron chi connectivity index (χ1n) is 11.3. The Morgan fingerprint density at radius 2 is 1.84 bits per heavy atom. The minimum absolute atomic E-state index is 0.392. The number of aryl methyl sites for hydroxylation is 1. The monoisotopic (exact) mass is 440 g/mol. The third-order valence-corrected chi connectivity index (χ3v) is 6.14. The van der Waals surface area contributed by atoms with Gasteiger partial charge in [-0.2, -0.15) is 4.98 Å². The maximum atomic E-state index is 5.68. The third kappa shape index (κ3) is 6.29. The lowest BCUT2D eigenvalue weighted by molar-refractivity contribution is 0.387. The Bertz CT molecular complexity index is 874. The van der Waals surface area contributed by atoms with Crippen LogP contribution < -0.4 is 20.9 Å². The quantitative estimate of drug-likeness (QED) is 0.527. The van der Waals surface area contributed by atoms with Crippen molar-refractivity contribution in [3.8, 4) is 0 Å². The SMILES string of the molecule is CCc1cccc(C(C)C)c1NC(=S)NC1CCC(Nc2nccc(N(C)C)n2)CC1. The molecule has 0 bridgehead atoms. The summed E-state index contributed by atoms with van der Waals surface area (Å²) < 4.78 is 0. The molecule has 2 aromatic rings. The second kappa shape index (κ2) is 10.8. The minimum atomic E-state index is 0.392. The maximum absolute atomic E-state index is 5.68. The van der Waals surface area contributed by atoms with Gasteiger partial charge in [0, 0.05) is 38.1 Å². The van der Waals surface area contributed by atoms with Gasteiger partial charge in [0.1, 0.15) is 5.82 Å². The number of benzene rings is 1. The van der Waals surface area contributed by atoms with Gasteiger partial charge in [-0.05, 0) is 67.4 Å². The van der Waals surface area contributed by atoms with Gasteiger partial charge in [-0.1, -0.05) is 39.0 Å². The van der Waals surface area contributed by atoms with Gasteiger partial charge in [0.25, 0.3) is 0 Å². The summed E-state index contributed by atoms with van der Waals surface area (Å²) in [5.74, 6) is 2.07. The summed E-state index contributed by atoms with van der Waals surface area (Å²) >= 11 is 5.68. The van der Waals surface area contributed by atoms with E-state index in [0.717, 1.165) is 43.0 Å². The number of para-hydroxylation sites is 1. The summed E-state index contributed by atoms with van der Waals surface area (Å²) in [5, 5.41) is 11.3. The summed E-state index contributed by atoms with van der Waals surface area (Å²) in [5.41, 5.74) is 3.80. The molecule has 1 aliphatic carbocycles. The van der Waals surface area contributed by atoms with Crippen LogP contribution in [0.4, 0.5) is 17.5 Å². The number of thiocarbonyl (C=S) groups is 1. The molecule has 0 spiro atoms. The molecular weight excluding hydrogens is 404 g/mol. The second-order valence-electron chi connectivity index (χ2n) is 8.81. The smallest absolute Gasteiger partial charge is 0.224 e. The van der Waals surface area contributed by atoms with E-state index in [0.29, 0.717) is 23.9 Å². The minimum Gasteiger partial charge on any atom is -0.363 e. The first-order chi connectivity index (χ1) is 14.9. The van der Waals surface area contributed by atoms with E-state index in [1.54, 1.807) is 0 Å². The van der Waals surface area contributed by atoms with E-state index in [1.807, 2.05) is 31.3 Å². The molecule has 0 aliphatic heterocycles. The summed E-state index contributed by atoms with van der Waals surface area (Å²) in [7, 11) is 3.98. The topological polar surface area (TPSA) is 65.1 Å². The molecular formula is C24H36N6S. The molecule has 0 radical (unpaired) electrons. The van der Waals surface area contributed by atoms with Crippen molar-refractivity contribution in [3.05, 3.63) is 41.6 Å². The average molecular weight is 441 g/mol. The molecule has 0 amide bonds. The van der Waals surface area contributed by atoms with Gasteiger partial charge >= 0.3 is 0 Å². The number of nitrogens with one attached hydrogen (secondary N) is 3. The van der Waals surface area contributed by atoms with Gasteiger partial charge < -0.3 is 20.9 Å². The lowest BCUT2D eigenvalue weighted by atomic mass is 9.91. The molecule has 1 heterocycles. The Morgan fingerprint density at radius 1 is 1.13 bits per heavy atom. The fourth-order valence-corrected chi connectivity index (χ4v) is 4.38.